The van der Waals surface area contributed by atoms with Crippen LogP contribution in [0.3, 0.4) is 0 Å². The van der Waals surface area contributed by atoms with Crippen molar-refractivity contribution in [2.45, 2.75) is 52.6 Å². The number of carbonyl (C=O) groups excluding carboxylic acids is 1. The topological polar surface area (TPSA) is 35.5 Å². The van der Waals surface area contributed by atoms with E-state index in [4.69, 9.17) is 9.47 Å². The first-order valence-corrected chi connectivity index (χ1v) is 11.0. The van der Waals surface area contributed by atoms with Gasteiger partial charge in [0.05, 0.1) is 19.3 Å². The lowest BCUT2D eigenvalue weighted by Gasteiger charge is -2.24. The van der Waals surface area contributed by atoms with Crippen molar-refractivity contribution in [1.29, 1.82) is 0 Å². The summed E-state index contributed by atoms with van der Waals surface area (Å²) < 4.78 is 25.2. The van der Waals surface area contributed by atoms with Crippen molar-refractivity contribution in [3.05, 3.63) is 82.7 Å². The number of carbonyl (C=O) groups is 1. The minimum absolute atomic E-state index is 0.00126. The van der Waals surface area contributed by atoms with Crippen molar-refractivity contribution < 1.29 is 18.7 Å². The van der Waals surface area contributed by atoms with E-state index in [2.05, 4.69) is 45.0 Å². The Morgan fingerprint density at radius 1 is 1.13 bits per heavy atom. The highest BCUT2D eigenvalue weighted by atomic mass is 19.1. The standard InChI is InChI=1S/C27H33FO3/c1-6-18(2)26(29)31-17-24-21(15-19-7-11-22(12-8-19)27(3,4)5)16-30-25(24)20-9-13-23(28)14-10-20/h6-14,21,24-25H,15-17H2,1-5H3/b18-6-/t21-,24-,25?/m0/s1. The van der Waals surface area contributed by atoms with E-state index in [1.165, 1.54) is 23.3 Å². The van der Waals surface area contributed by atoms with E-state index in [-0.39, 0.29) is 41.7 Å². The van der Waals surface area contributed by atoms with Crippen LogP contribution in [0, 0.1) is 17.7 Å². The van der Waals surface area contributed by atoms with E-state index in [9.17, 15) is 9.18 Å². The number of hydrogen-bond acceptors (Lipinski definition) is 3. The SMILES string of the molecule is C/C=C(/C)C(=O)OC[C@@H]1C(c2ccc(F)cc2)OC[C@@H]1Cc1ccc(C(C)(C)C)cc1. The smallest absolute Gasteiger partial charge is 0.333 e. The van der Waals surface area contributed by atoms with Crippen LogP contribution in [0.1, 0.15) is 57.4 Å². The maximum absolute atomic E-state index is 13.4. The average molecular weight is 425 g/mol. The molecule has 0 spiro atoms. The summed E-state index contributed by atoms with van der Waals surface area (Å²) in [5.74, 6) is -0.375. The molecule has 1 heterocycles. The van der Waals surface area contributed by atoms with Gasteiger partial charge in [0.25, 0.3) is 0 Å². The maximum Gasteiger partial charge on any atom is 0.333 e. The normalized spacial score (nSPS) is 21.9. The fourth-order valence-corrected chi connectivity index (χ4v) is 4.00. The number of rotatable bonds is 6. The molecule has 3 rings (SSSR count). The summed E-state index contributed by atoms with van der Waals surface area (Å²) in [6.07, 6.45) is 2.37. The second-order valence-corrected chi connectivity index (χ2v) is 9.45. The Morgan fingerprint density at radius 3 is 2.35 bits per heavy atom. The van der Waals surface area contributed by atoms with E-state index in [1.54, 1.807) is 25.1 Å². The van der Waals surface area contributed by atoms with Gasteiger partial charge in [-0.1, -0.05) is 63.2 Å². The quantitative estimate of drug-likeness (QED) is 0.410. The van der Waals surface area contributed by atoms with Crippen LogP contribution >= 0.6 is 0 Å². The van der Waals surface area contributed by atoms with Crippen LogP contribution in [-0.2, 0) is 26.1 Å². The summed E-state index contributed by atoms with van der Waals surface area (Å²) in [6.45, 7) is 11.0. The first-order chi connectivity index (χ1) is 14.7. The van der Waals surface area contributed by atoms with Crippen LogP contribution in [0.15, 0.2) is 60.2 Å². The Balaban J connectivity index is 1.78. The van der Waals surface area contributed by atoms with Gasteiger partial charge in [0.15, 0.2) is 0 Å². The highest BCUT2D eigenvalue weighted by Crippen LogP contribution is 2.40. The van der Waals surface area contributed by atoms with Crippen LogP contribution in [0.4, 0.5) is 4.39 Å². The Bertz CT molecular complexity index is 907. The Morgan fingerprint density at radius 2 is 1.77 bits per heavy atom. The van der Waals surface area contributed by atoms with Gasteiger partial charge in [-0.25, -0.2) is 9.18 Å². The van der Waals surface area contributed by atoms with Gasteiger partial charge in [0.1, 0.15) is 5.82 Å². The predicted octanol–water partition coefficient (Wildman–Crippen LogP) is 6.18. The third-order valence-electron chi connectivity index (χ3n) is 6.16. The number of halogens is 1. The zero-order valence-electron chi connectivity index (χ0n) is 19.2. The molecule has 4 heteroatoms. The van der Waals surface area contributed by atoms with Gasteiger partial charge in [0, 0.05) is 11.5 Å². The molecule has 0 bridgehead atoms. The fourth-order valence-electron chi connectivity index (χ4n) is 4.00. The molecule has 1 aliphatic heterocycles. The molecule has 0 aromatic heterocycles. The zero-order chi connectivity index (χ0) is 22.6. The summed E-state index contributed by atoms with van der Waals surface area (Å²) >= 11 is 0. The highest BCUT2D eigenvalue weighted by Gasteiger charge is 2.39. The molecule has 0 saturated carbocycles. The third-order valence-corrected chi connectivity index (χ3v) is 6.16. The highest BCUT2D eigenvalue weighted by molar-refractivity contribution is 5.87. The molecule has 166 valence electrons. The largest absolute Gasteiger partial charge is 0.462 e. The lowest BCUT2D eigenvalue weighted by Crippen LogP contribution is -2.24. The molecule has 2 aromatic rings. The Hall–Kier alpha value is -2.46. The van der Waals surface area contributed by atoms with E-state index >= 15 is 0 Å². The van der Waals surface area contributed by atoms with Gasteiger partial charge in [-0.2, -0.15) is 0 Å². The number of benzene rings is 2. The fraction of sp³-hybridized carbons (Fsp3) is 0.444. The molecule has 1 fully saturated rings. The second kappa shape index (κ2) is 9.78. The van der Waals surface area contributed by atoms with E-state index < -0.39 is 0 Å². The maximum atomic E-state index is 13.4. The van der Waals surface area contributed by atoms with Crippen molar-refractivity contribution in [2.75, 3.05) is 13.2 Å². The molecular formula is C27H33FO3. The first kappa shape index (κ1) is 23.2. The zero-order valence-corrected chi connectivity index (χ0v) is 19.2. The molecule has 3 atom stereocenters. The average Bonchev–Trinajstić information content (AvgIpc) is 3.14. The van der Waals surface area contributed by atoms with Gasteiger partial charge < -0.3 is 9.47 Å². The molecule has 3 nitrogen and oxygen atoms in total. The summed E-state index contributed by atoms with van der Waals surface area (Å²) in [6, 6.07) is 15.1. The van der Waals surface area contributed by atoms with E-state index in [1.807, 2.05) is 6.92 Å². The van der Waals surface area contributed by atoms with Crippen molar-refractivity contribution in [1.82, 2.24) is 0 Å². The molecule has 0 N–H and O–H groups in total. The van der Waals surface area contributed by atoms with Crippen LogP contribution in [-0.4, -0.2) is 19.2 Å². The molecule has 1 unspecified atom stereocenters. The molecule has 31 heavy (non-hydrogen) atoms. The molecule has 0 aliphatic carbocycles. The van der Waals surface area contributed by atoms with Gasteiger partial charge in [-0.15, -0.1) is 0 Å². The van der Waals surface area contributed by atoms with Gasteiger partial charge in [-0.3, -0.25) is 0 Å². The third kappa shape index (κ3) is 5.82. The molecule has 1 saturated heterocycles. The monoisotopic (exact) mass is 424 g/mol. The Kier molecular flexibility index (Phi) is 7.32. The van der Waals surface area contributed by atoms with Crippen molar-refractivity contribution >= 4 is 5.97 Å². The Labute approximate surface area is 185 Å². The lowest BCUT2D eigenvalue weighted by atomic mass is 9.82. The van der Waals surface area contributed by atoms with Crippen LogP contribution in [0.2, 0.25) is 0 Å². The molecule has 1 aliphatic rings. The van der Waals surface area contributed by atoms with Crippen molar-refractivity contribution in [3.63, 3.8) is 0 Å². The number of allylic oxidation sites excluding steroid dienone is 1. The number of esters is 1. The van der Waals surface area contributed by atoms with Crippen molar-refractivity contribution in [3.8, 4) is 0 Å². The first-order valence-electron chi connectivity index (χ1n) is 11.0. The van der Waals surface area contributed by atoms with Gasteiger partial charge in [0.2, 0.25) is 0 Å². The molecule has 2 aromatic carbocycles. The second-order valence-electron chi connectivity index (χ2n) is 9.45. The number of hydrogen-bond donors (Lipinski definition) is 0. The molecule has 0 radical (unpaired) electrons. The predicted molar refractivity (Wildman–Crippen MR) is 121 cm³/mol. The van der Waals surface area contributed by atoms with E-state index in [0.29, 0.717) is 12.2 Å². The van der Waals surface area contributed by atoms with Crippen LogP contribution < -0.4 is 0 Å². The van der Waals surface area contributed by atoms with Crippen LogP contribution in [0.5, 0.6) is 0 Å². The molecule has 0 amide bonds. The lowest BCUT2D eigenvalue weighted by molar-refractivity contribution is -0.141. The minimum Gasteiger partial charge on any atom is -0.462 e. The summed E-state index contributed by atoms with van der Waals surface area (Å²) in [5, 5.41) is 0. The summed E-state index contributed by atoms with van der Waals surface area (Å²) in [5.41, 5.74) is 4.16. The van der Waals surface area contributed by atoms with Crippen LogP contribution in [0.25, 0.3) is 0 Å². The van der Waals surface area contributed by atoms with Gasteiger partial charge >= 0.3 is 5.97 Å². The van der Waals surface area contributed by atoms with Crippen molar-refractivity contribution in [2.24, 2.45) is 11.8 Å². The summed E-state index contributed by atoms with van der Waals surface area (Å²) in [7, 11) is 0. The van der Waals surface area contributed by atoms with Gasteiger partial charge in [-0.05, 0) is 60.4 Å². The minimum atomic E-state index is -0.305. The molecular weight excluding hydrogens is 391 g/mol. The van der Waals surface area contributed by atoms with E-state index in [0.717, 1.165) is 12.0 Å². The summed E-state index contributed by atoms with van der Waals surface area (Å²) in [4.78, 5) is 12.2. The number of ether oxygens (including phenoxy) is 2.